The van der Waals surface area contributed by atoms with E-state index in [1.807, 2.05) is 0 Å². The van der Waals surface area contributed by atoms with Gasteiger partial charge in [0, 0.05) is 11.1 Å². The topological polar surface area (TPSA) is 85.9 Å². The van der Waals surface area contributed by atoms with E-state index < -0.39 is 11.2 Å². The summed E-state index contributed by atoms with van der Waals surface area (Å²) in [4.78, 5) is 27.9. The van der Waals surface area contributed by atoms with Crippen molar-refractivity contribution in [3.05, 3.63) is 51.3 Å². The van der Waals surface area contributed by atoms with Crippen LogP contribution in [0.5, 0.6) is 5.75 Å². The Bertz CT molecular complexity index is 600. The van der Waals surface area contributed by atoms with Crippen molar-refractivity contribution in [3.63, 3.8) is 0 Å². The molecule has 82 valence electrons. The molecule has 2 aromatic rings. The molecule has 0 amide bonds. The van der Waals surface area contributed by atoms with Crippen LogP contribution >= 0.6 is 11.8 Å². The minimum atomic E-state index is -0.528. The van der Waals surface area contributed by atoms with Crippen molar-refractivity contribution < 1.29 is 5.11 Å². The first kappa shape index (κ1) is 10.6. The van der Waals surface area contributed by atoms with Crippen molar-refractivity contribution in [2.45, 2.75) is 9.79 Å². The van der Waals surface area contributed by atoms with E-state index in [9.17, 15) is 9.59 Å². The molecule has 0 aliphatic heterocycles. The van der Waals surface area contributed by atoms with Crippen LogP contribution in [0.1, 0.15) is 0 Å². The van der Waals surface area contributed by atoms with Crippen LogP contribution in [0.4, 0.5) is 0 Å². The van der Waals surface area contributed by atoms with Crippen LogP contribution in [0.25, 0.3) is 0 Å². The fraction of sp³-hybridized carbons (Fsp3) is 0. The second-order valence-corrected chi connectivity index (χ2v) is 4.15. The van der Waals surface area contributed by atoms with E-state index >= 15 is 0 Å². The fourth-order valence-corrected chi connectivity index (χ4v) is 1.90. The Balaban J connectivity index is 2.30. The fourth-order valence-electron chi connectivity index (χ4n) is 1.11. The number of aromatic nitrogens is 2. The van der Waals surface area contributed by atoms with Gasteiger partial charge < -0.3 is 10.1 Å². The largest absolute Gasteiger partial charge is 0.508 e. The molecule has 0 aliphatic rings. The average Bonchev–Trinajstić information content (AvgIpc) is 2.25. The number of aromatic amines is 2. The summed E-state index contributed by atoms with van der Waals surface area (Å²) in [6.07, 6.45) is 1.36. The molecule has 0 spiro atoms. The molecule has 0 fully saturated rings. The molecule has 2 rings (SSSR count). The Kier molecular flexibility index (Phi) is 2.82. The zero-order valence-electron chi connectivity index (χ0n) is 8.06. The summed E-state index contributed by atoms with van der Waals surface area (Å²) < 4.78 is 0. The molecule has 0 unspecified atom stereocenters. The van der Waals surface area contributed by atoms with Crippen LogP contribution in [-0.4, -0.2) is 15.1 Å². The molecule has 6 heteroatoms. The predicted molar refractivity (Wildman–Crippen MR) is 59.9 cm³/mol. The molecule has 3 N–H and O–H groups in total. The minimum Gasteiger partial charge on any atom is -0.508 e. The van der Waals surface area contributed by atoms with Crippen molar-refractivity contribution in [1.82, 2.24) is 9.97 Å². The smallest absolute Gasteiger partial charge is 0.325 e. The third-order valence-corrected chi connectivity index (χ3v) is 2.88. The van der Waals surface area contributed by atoms with Gasteiger partial charge in [-0.1, -0.05) is 11.8 Å². The number of benzene rings is 1. The summed E-state index contributed by atoms with van der Waals surface area (Å²) >= 11 is 1.21. The average molecular weight is 236 g/mol. The molecule has 5 nitrogen and oxygen atoms in total. The van der Waals surface area contributed by atoms with Crippen LogP contribution in [0.3, 0.4) is 0 Å². The third-order valence-electron chi connectivity index (χ3n) is 1.85. The number of rotatable bonds is 2. The van der Waals surface area contributed by atoms with Gasteiger partial charge in [0.1, 0.15) is 5.75 Å². The van der Waals surface area contributed by atoms with E-state index in [1.54, 1.807) is 12.1 Å². The van der Waals surface area contributed by atoms with E-state index in [0.29, 0.717) is 4.90 Å². The van der Waals surface area contributed by atoms with Crippen LogP contribution in [-0.2, 0) is 0 Å². The molecular weight excluding hydrogens is 228 g/mol. The Morgan fingerprint density at radius 2 is 1.81 bits per heavy atom. The minimum absolute atomic E-state index is 0.166. The Morgan fingerprint density at radius 1 is 1.12 bits per heavy atom. The van der Waals surface area contributed by atoms with E-state index in [4.69, 9.17) is 5.11 Å². The van der Waals surface area contributed by atoms with Gasteiger partial charge in [-0.3, -0.25) is 9.78 Å². The van der Waals surface area contributed by atoms with Crippen LogP contribution < -0.4 is 11.2 Å². The normalized spacial score (nSPS) is 10.2. The Hall–Kier alpha value is -1.95. The zero-order chi connectivity index (χ0) is 11.5. The summed E-state index contributed by atoms with van der Waals surface area (Å²) in [6, 6.07) is 6.43. The van der Waals surface area contributed by atoms with Crippen LogP contribution in [0.2, 0.25) is 0 Å². The number of phenolic OH excluding ortho intramolecular Hbond substituents is 1. The van der Waals surface area contributed by atoms with Gasteiger partial charge in [0.2, 0.25) is 0 Å². The summed E-state index contributed by atoms with van der Waals surface area (Å²) in [5, 5.41) is 9.09. The first-order valence-corrected chi connectivity index (χ1v) is 5.26. The van der Waals surface area contributed by atoms with E-state index in [0.717, 1.165) is 4.90 Å². The maximum Gasteiger partial charge on any atom is 0.325 e. The lowest BCUT2D eigenvalue weighted by Crippen LogP contribution is -2.22. The van der Waals surface area contributed by atoms with Gasteiger partial charge in [-0.15, -0.1) is 0 Å². The Labute approximate surface area is 94.2 Å². The number of nitrogens with one attached hydrogen (secondary N) is 2. The number of hydrogen-bond acceptors (Lipinski definition) is 4. The first-order chi connectivity index (χ1) is 7.65. The van der Waals surface area contributed by atoms with Crippen molar-refractivity contribution >= 4 is 11.8 Å². The van der Waals surface area contributed by atoms with Crippen molar-refractivity contribution in [1.29, 1.82) is 0 Å². The van der Waals surface area contributed by atoms with Crippen LogP contribution in [0, 0.1) is 0 Å². The second kappa shape index (κ2) is 4.28. The van der Waals surface area contributed by atoms with E-state index in [1.165, 1.54) is 30.1 Å². The standard InChI is InChI=1S/C10H8N2O3S/c13-6-1-3-7(4-2-6)16-8-5-11-10(15)12-9(8)14/h1-5,13H,(H2,11,12,14,15). The SMILES string of the molecule is O=c1[nH]cc(Sc2ccc(O)cc2)c(=O)[nH]1. The molecule has 16 heavy (non-hydrogen) atoms. The highest BCUT2D eigenvalue weighted by atomic mass is 32.2. The lowest BCUT2D eigenvalue weighted by atomic mass is 10.3. The number of phenols is 1. The van der Waals surface area contributed by atoms with Crippen molar-refractivity contribution in [3.8, 4) is 5.75 Å². The molecule has 1 aromatic heterocycles. The van der Waals surface area contributed by atoms with Gasteiger partial charge in [-0.2, -0.15) is 0 Å². The molecule has 0 radical (unpaired) electrons. The molecule has 0 bridgehead atoms. The first-order valence-electron chi connectivity index (χ1n) is 4.44. The summed E-state index contributed by atoms with van der Waals surface area (Å²) in [7, 11) is 0. The van der Waals surface area contributed by atoms with Crippen molar-refractivity contribution in [2.75, 3.05) is 0 Å². The molecule has 1 aromatic carbocycles. The highest BCUT2D eigenvalue weighted by molar-refractivity contribution is 7.99. The molecular formula is C10H8N2O3S. The Morgan fingerprint density at radius 3 is 2.44 bits per heavy atom. The highest BCUT2D eigenvalue weighted by Crippen LogP contribution is 2.25. The molecule has 0 atom stereocenters. The number of hydrogen-bond donors (Lipinski definition) is 3. The monoisotopic (exact) mass is 236 g/mol. The van der Waals surface area contributed by atoms with Gasteiger partial charge in [0.15, 0.2) is 0 Å². The maximum atomic E-state index is 11.4. The van der Waals surface area contributed by atoms with Gasteiger partial charge in [0.05, 0.1) is 4.90 Å². The van der Waals surface area contributed by atoms with Gasteiger partial charge in [0.25, 0.3) is 5.56 Å². The van der Waals surface area contributed by atoms with Gasteiger partial charge >= 0.3 is 5.69 Å². The maximum absolute atomic E-state index is 11.4. The third kappa shape index (κ3) is 2.34. The highest BCUT2D eigenvalue weighted by Gasteiger charge is 2.02. The van der Waals surface area contributed by atoms with Crippen molar-refractivity contribution in [2.24, 2.45) is 0 Å². The zero-order valence-corrected chi connectivity index (χ0v) is 8.88. The molecule has 1 heterocycles. The lowest BCUT2D eigenvalue weighted by Gasteiger charge is -1.99. The van der Waals surface area contributed by atoms with Gasteiger partial charge in [-0.05, 0) is 24.3 Å². The molecule has 0 saturated heterocycles. The molecule has 0 aliphatic carbocycles. The summed E-state index contributed by atoms with van der Waals surface area (Å²) in [6.45, 7) is 0. The molecule has 0 saturated carbocycles. The quantitative estimate of drug-likeness (QED) is 0.723. The number of aromatic hydroxyl groups is 1. The van der Waals surface area contributed by atoms with E-state index in [2.05, 4.69) is 9.97 Å². The van der Waals surface area contributed by atoms with Gasteiger partial charge in [-0.25, -0.2) is 4.79 Å². The van der Waals surface area contributed by atoms with Crippen LogP contribution in [0.15, 0.2) is 49.8 Å². The lowest BCUT2D eigenvalue weighted by molar-refractivity contribution is 0.475. The van der Waals surface area contributed by atoms with E-state index in [-0.39, 0.29) is 5.75 Å². The second-order valence-electron chi connectivity index (χ2n) is 3.03. The summed E-state index contributed by atoms with van der Waals surface area (Å²) in [5.41, 5.74) is -0.957. The number of H-pyrrole nitrogens is 2. The summed E-state index contributed by atoms with van der Waals surface area (Å²) in [5.74, 6) is 0.166. The predicted octanol–water partition coefficient (Wildman–Crippen LogP) is 0.920.